The molecule has 176 valence electrons. The average molecular weight is 456 g/mol. The van der Waals surface area contributed by atoms with Crippen molar-refractivity contribution in [3.63, 3.8) is 0 Å². The van der Waals surface area contributed by atoms with Gasteiger partial charge in [-0.05, 0) is 81.6 Å². The standard InChI is InChI=1S/C25H30FN3O4/c26-19-5-8-21-23(16-19)33-28-24(21)18-9-12-29(13-10-18)11-1-2-14-32-20-6-3-17(4-7-20)15-22(27)25(30)31/h3-8,16,18,22H,1-2,9-15,27H2,(H,30,31)/t22-/m0/s1. The molecule has 3 aromatic rings. The number of carboxylic acid groups (broad SMARTS) is 1. The summed E-state index contributed by atoms with van der Waals surface area (Å²) in [6.07, 6.45) is 4.37. The summed E-state index contributed by atoms with van der Waals surface area (Å²) in [5.74, 6) is -0.170. The molecule has 0 radical (unpaired) electrons. The summed E-state index contributed by atoms with van der Waals surface area (Å²) in [5, 5.41) is 14.0. The van der Waals surface area contributed by atoms with E-state index in [0.717, 1.165) is 67.7 Å². The highest BCUT2D eigenvalue weighted by Crippen LogP contribution is 2.32. The van der Waals surface area contributed by atoms with Gasteiger partial charge in [0.2, 0.25) is 0 Å². The molecule has 8 heteroatoms. The number of aliphatic carboxylic acids is 1. The lowest BCUT2D eigenvalue weighted by Gasteiger charge is -2.31. The first-order valence-electron chi connectivity index (χ1n) is 11.5. The average Bonchev–Trinajstić information content (AvgIpc) is 3.23. The molecule has 2 aromatic carbocycles. The number of carbonyl (C=O) groups is 1. The molecular formula is C25H30FN3O4. The molecule has 0 bridgehead atoms. The van der Waals surface area contributed by atoms with Gasteiger partial charge < -0.3 is 25.0 Å². The lowest BCUT2D eigenvalue weighted by atomic mass is 9.91. The minimum atomic E-state index is -0.997. The fourth-order valence-electron chi connectivity index (χ4n) is 4.35. The van der Waals surface area contributed by atoms with E-state index in [2.05, 4.69) is 10.1 Å². The van der Waals surface area contributed by atoms with E-state index < -0.39 is 12.0 Å². The SMILES string of the molecule is N[C@@H](Cc1ccc(OCCCCN2CCC(c3noc4cc(F)ccc34)CC2)cc1)C(=O)O. The quantitative estimate of drug-likeness (QED) is 0.446. The van der Waals surface area contributed by atoms with E-state index in [1.165, 1.54) is 12.1 Å². The Labute approximate surface area is 192 Å². The van der Waals surface area contributed by atoms with Crippen LogP contribution in [-0.2, 0) is 11.2 Å². The number of unbranched alkanes of at least 4 members (excludes halogenated alkanes) is 1. The van der Waals surface area contributed by atoms with Crippen molar-refractivity contribution >= 4 is 16.9 Å². The number of hydrogen-bond acceptors (Lipinski definition) is 6. The minimum Gasteiger partial charge on any atom is -0.494 e. The van der Waals surface area contributed by atoms with Crippen LogP contribution in [0.15, 0.2) is 47.0 Å². The molecule has 3 N–H and O–H groups in total. The lowest BCUT2D eigenvalue weighted by molar-refractivity contribution is -0.138. The Balaban J connectivity index is 1.13. The number of likely N-dealkylation sites (tertiary alicyclic amines) is 1. The van der Waals surface area contributed by atoms with E-state index in [0.29, 0.717) is 24.5 Å². The number of aromatic nitrogens is 1. The van der Waals surface area contributed by atoms with Crippen molar-refractivity contribution in [3.05, 3.63) is 59.5 Å². The Morgan fingerprint density at radius 3 is 2.70 bits per heavy atom. The van der Waals surface area contributed by atoms with E-state index in [-0.39, 0.29) is 5.82 Å². The van der Waals surface area contributed by atoms with Crippen molar-refractivity contribution in [2.45, 2.75) is 44.1 Å². The van der Waals surface area contributed by atoms with Crippen LogP contribution in [-0.4, -0.2) is 53.4 Å². The van der Waals surface area contributed by atoms with Gasteiger partial charge in [0, 0.05) is 17.4 Å². The molecule has 4 rings (SSSR count). The van der Waals surface area contributed by atoms with Crippen molar-refractivity contribution < 1.29 is 23.6 Å². The molecule has 1 atom stereocenters. The smallest absolute Gasteiger partial charge is 0.320 e. The van der Waals surface area contributed by atoms with Crippen LogP contribution in [0, 0.1) is 5.82 Å². The Kier molecular flexibility index (Phi) is 7.57. The molecule has 0 unspecified atom stereocenters. The van der Waals surface area contributed by atoms with Gasteiger partial charge in [0.25, 0.3) is 0 Å². The van der Waals surface area contributed by atoms with Crippen LogP contribution >= 0.6 is 0 Å². The predicted molar refractivity (Wildman–Crippen MR) is 123 cm³/mol. The Morgan fingerprint density at radius 1 is 1.21 bits per heavy atom. The highest BCUT2D eigenvalue weighted by atomic mass is 19.1. The number of nitrogens with zero attached hydrogens (tertiary/aromatic N) is 2. The summed E-state index contributed by atoms with van der Waals surface area (Å²) in [6.45, 7) is 3.71. The number of nitrogens with two attached hydrogens (primary N) is 1. The van der Waals surface area contributed by atoms with Gasteiger partial charge >= 0.3 is 5.97 Å². The van der Waals surface area contributed by atoms with Crippen molar-refractivity contribution in [1.29, 1.82) is 0 Å². The molecule has 33 heavy (non-hydrogen) atoms. The summed E-state index contributed by atoms with van der Waals surface area (Å²) in [4.78, 5) is 13.3. The summed E-state index contributed by atoms with van der Waals surface area (Å²) in [7, 11) is 0. The third-order valence-corrected chi connectivity index (χ3v) is 6.27. The van der Waals surface area contributed by atoms with E-state index in [1.54, 1.807) is 6.07 Å². The Hall–Kier alpha value is -2.97. The summed E-state index contributed by atoms with van der Waals surface area (Å²) >= 11 is 0. The first-order chi connectivity index (χ1) is 16.0. The van der Waals surface area contributed by atoms with Gasteiger partial charge in [-0.15, -0.1) is 0 Å². The third-order valence-electron chi connectivity index (χ3n) is 6.27. The molecule has 1 aliphatic rings. The van der Waals surface area contributed by atoms with Gasteiger partial charge in [-0.25, -0.2) is 4.39 Å². The zero-order chi connectivity index (χ0) is 23.2. The molecule has 7 nitrogen and oxygen atoms in total. The van der Waals surface area contributed by atoms with Gasteiger partial charge in [-0.1, -0.05) is 17.3 Å². The minimum absolute atomic E-state index is 0.303. The highest BCUT2D eigenvalue weighted by molar-refractivity contribution is 5.79. The van der Waals surface area contributed by atoms with Crippen LogP contribution < -0.4 is 10.5 Å². The van der Waals surface area contributed by atoms with Crippen molar-refractivity contribution in [3.8, 4) is 5.75 Å². The van der Waals surface area contributed by atoms with Crippen LogP contribution in [0.2, 0.25) is 0 Å². The zero-order valence-electron chi connectivity index (χ0n) is 18.6. The second kappa shape index (κ2) is 10.8. The fourth-order valence-corrected chi connectivity index (χ4v) is 4.35. The Bertz CT molecular complexity index is 1060. The van der Waals surface area contributed by atoms with Gasteiger partial charge in [0.15, 0.2) is 5.58 Å². The van der Waals surface area contributed by atoms with Crippen molar-refractivity contribution in [2.75, 3.05) is 26.2 Å². The number of benzene rings is 2. The maximum Gasteiger partial charge on any atom is 0.320 e. The molecule has 1 fully saturated rings. The number of piperidine rings is 1. The van der Waals surface area contributed by atoms with Crippen molar-refractivity contribution in [2.24, 2.45) is 5.73 Å². The van der Waals surface area contributed by atoms with Crippen LogP contribution in [0.4, 0.5) is 4.39 Å². The molecule has 0 aliphatic carbocycles. The van der Waals surface area contributed by atoms with Crippen LogP contribution in [0.3, 0.4) is 0 Å². The number of halogens is 1. The number of ether oxygens (including phenoxy) is 1. The summed E-state index contributed by atoms with van der Waals surface area (Å²) in [5.41, 5.74) is 7.92. The first kappa shape index (κ1) is 23.2. The van der Waals surface area contributed by atoms with E-state index >= 15 is 0 Å². The summed E-state index contributed by atoms with van der Waals surface area (Å²) in [6, 6.07) is 11.2. The highest BCUT2D eigenvalue weighted by Gasteiger charge is 2.24. The normalized spacial score (nSPS) is 16.2. The molecular weight excluding hydrogens is 425 g/mol. The molecule has 1 aromatic heterocycles. The molecule has 1 aliphatic heterocycles. The van der Waals surface area contributed by atoms with E-state index in [1.807, 2.05) is 24.3 Å². The van der Waals surface area contributed by atoms with Crippen LogP contribution in [0.1, 0.15) is 42.9 Å². The van der Waals surface area contributed by atoms with E-state index in [9.17, 15) is 9.18 Å². The van der Waals surface area contributed by atoms with E-state index in [4.69, 9.17) is 20.1 Å². The fraction of sp³-hybridized carbons (Fsp3) is 0.440. The Morgan fingerprint density at radius 2 is 1.97 bits per heavy atom. The van der Waals surface area contributed by atoms with Gasteiger partial charge in [-0.3, -0.25) is 4.79 Å². The van der Waals surface area contributed by atoms with Crippen LogP contribution in [0.5, 0.6) is 5.75 Å². The summed E-state index contributed by atoms with van der Waals surface area (Å²) < 4.78 is 24.5. The second-order valence-corrected chi connectivity index (χ2v) is 8.67. The third kappa shape index (κ3) is 6.09. The molecule has 0 spiro atoms. The molecule has 0 saturated carbocycles. The number of hydrogen-bond donors (Lipinski definition) is 2. The second-order valence-electron chi connectivity index (χ2n) is 8.67. The van der Waals surface area contributed by atoms with Crippen LogP contribution in [0.25, 0.3) is 11.0 Å². The van der Waals surface area contributed by atoms with Crippen molar-refractivity contribution in [1.82, 2.24) is 10.1 Å². The maximum absolute atomic E-state index is 13.4. The molecule has 0 amide bonds. The van der Waals surface area contributed by atoms with Gasteiger partial charge in [-0.2, -0.15) is 0 Å². The monoisotopic (exact) mass is 455 g/mol. The van der Waals surface area contributed by atoms with Gasteiger partial charge in [0.05, 0.1) is 12.3 Å². The number of fused-ring (bicyclic) bond motifs is 1. The maximum atomic E-state index is 13.4. The predicted octanol–water partition coefficient (Wildman–Crippen LogP) is 3.96. The largest absolute Gasteiger partial charge is 0.494 e. The lowest BCUT2D eigenvalue weighted by Crippen LogP contribution is -2.34. The number of rotatable bonds is 10. The topological polar surface area (TPSA) is 102 Å². The van der Waals surface area contributed by atoms with Gasteiger partial charge in [0.1, 0.15) is 17.6 Å². The molecule has 1 saturated heterocycles. The zero-order valence-corrected chi connectivity index (χ0v) is 18.6. The number of carboxylic acids is 1. The first-order valence-corrected chi connectivity index (χ1v) is 11.5. The molecule has 2 heterocycles.